The second-order valence-electron chi connectivity index (χ2n) is 4.62. The van der Waals surface area contributed by atoms with E-state index in [1.165, 1.54) is 17.0 Å². The van der Waals surface area contributed by atoms with Crippen molar-refractivity contribution in [1.29, 1.82) is 0 Å². The molecule has 1 rings (SSSR count). The van der Waals surface area contributed by atoms with E-state index in [2.05, 4.69) is 0 Å². The van der Waals surface area contributed by atoms with Crippen molar-refractivity contribution in [3.8, 4) is 0 Å². The van der Waals surface area contributed by atoms with Crippen molar-refractivity contribution < 1.29 is 19.1 Å². The molecule has 3 N–H and O–H groups in total. The Labute approximate surface area is 116 Å². The van der Waals surface area contributed by atoms with Crippen LogP contribution >= 0.6 is 0 Å². The number of carbonyl (C=O) groups excluding carboxylic acids is 1. The van der Waals surface area contributed by atoms with Crippen molar-refractivity contribution in [2.75, 3.05) is 38.6 Å². The van der Waals surface area contributed by atoms with Gasteiger partial charge < -0.3 is 20.6 Å². The van der Waals surface area contributed by atoms with Crippen molar-refractivity contribution in [2.45, 2.75) is 0 Å². The number of benzene rings is 1. The first kappa shape index (κ1) is 15.9. The van der Waals surface area contributed by atoms with Crippen molar-refractivity contribution >= 4 is 17.6 Å². The Hall–Kier alpha value is -2.15. The average molecular weight is 283 g/mol. The molecule has 0 saturated heterocycles. The maximum Gasteiger partial charge on any atom is 0.323 e. The quantitative estimate of drug-likeness (QED) is 0.755. The third-order valence-electron chi connectivity index (χ3n) is 2.72. The molecule has 0 radical (unpaired) electrons. The third-order valence-corrected chi connectivity index (χ3v) is 2.72. The van der Waals surface area contributed by atoms with E-state index in [9.17, 15) is 14.0 Å². The number of nitrogens with zero attached hydrogens (tertiary/aromatic N) is 2. The number of likely N-dealkylation sites (N-methyl/N-ethyl adjacent to an activating group) is 1. The van der Waals surface area contributed by atoms with E-state index in [4.69, 9.17) is 10.8 Å². The molecule has 0 saturated carbocycles. The van der Waals surface area contributed by atoms with E-state index in [-0.39, 0.29) is 17.8 Å². The molecule has 0 fully saturated rings. The number of hydrogen-bond acceptors (Lipinski definition) is 4. The number of carboxylic acids is 1. The number of nitrogens with two attached hydrogens (primary N) is 1. The molecular weight excluding hydrogens is 265 g/mol. The molecule has 0 aromatic heterocycles. The summed E-state index contributed by atoms with van der Waals surface area (Å²) in [7, 11) is 3.67. The molecule has 1 amide bonds. The van der Waals surface area contributed by atoms with Crippen molar-refractivity contribution in [3.63, 3.8) is 0 Å². The van der Waals surface area contributed by atoms with Crippen LogP contribution in [0.1, 0.15) is 10.4 Å². The van der Waals surface area contributed by atoms with E-state index in [1.807, 2.05) is 19.0 Å². The van der Waals surface area contributed by atoms with Crippen molar-refractivity contribution in [3.05, 3.63) is 29.6 Å². The molecule has 0 unspecified atom stereocenters. The van der Waals surface area contributed by atoms with E-state index >= 15 is 0 Å². The molecule has 0 atom stereocenters. The van der Waals surface area contributed by atoms with E-state index in [0.717, 1.165) is 6.07 Å². The fourth-order valence-corrected chi connectivity index (χ4v) is 1.79. The first-order valence-electron chi connectivity index (χ1n) is 6.02. The van der Waals surface area contributed by atoms with Gasteiger partial charge in [0.05, 0.1) is 11.3 Å². The van der Waals surface area contributed by atoms with Crippen molar-refractivity contribution in [2.24, 2.45) is 5.73 Å². The van der Waals surface area contributed by atoms with Gasteiger partial charge in [0.25, 0.3) is 5.91 Å². The Morgan fingerprint density at radius 1 is 1.30 bits per heavy atom. The smallest absolute Gasteiger partial charge is 0.323 e. The molecule has 7 heteroatoms. The van der Waals surface area contributed by atoms with Gasteiger partial charge >= 0.3 is 5.97 Å². The number of primary amides is 1. The molecule has 1 aromatic rings. The Morgan fingerprint density at radius 2 is 1.95 bits per heavy atom. The standard InChI is InChI=1S/C13H18FN3O3/c1-16(2)6-7-17(8-11(18)19)10-5-3-4-9(14)12(10)13(15)20/h3-5H,6-8H2,1-2H3,(H2,15,20)(H,18,19). The minimum atomic E-state index is -1.07. The van der Waals surface area contributed by atoms with Gasteiger partial charge in [0.15, 0.2) is 0 Å². The van der Waals surface area contributed by atoms with Gasteiger partial charge in [0.2, 0.25) is 0 Å². The first-order chi connectivity index (χ1) is 9.32. The van der Waals surface area contributed by atoms with Crippen LogP contribution in [-0.4, -0.2) is 55.6 Å². The fraction of sp³-hybridized carbons (Fsp3) is 0.385. The highest BCUT2D eigenvalue weighted by Crippen LogP contribution is 2.22. The second-order valence-corrected chi connectivity index (χ2v) is 4.62. The molecule has 0 aliphatic heterocycles. The van der Waals surface area contributed by atoms with Crippen LogP contribution in [0.2, 0.25) is 0 Å². The fourth-order valence-electron chi connectivity index (χ4n) is 1.79. The summed E-state index contributed by atoms with van der Waals surface area (Å²) in [4.78, 5) is 25.6. The van der Waals surface area contributed by atoms with Crippen LogP contribution in [-0.2, 0) is 4.79 Å². The highest BCUT2D eigenvalue weighted by atomic mass is 19.1. The molecular formula is C13H18FN3O3. The number of anilines is 1. The molecule has 110 valence electrons. The normalized spacial score (nSPS) is 10.6. The van der Waals surface area contributed by atoms with Crippen LogP contribution < -0.4 is 10.6 Å². The molecule has 1 aromatic carbocycles. The number of halogens is 1. The Morgan fingerprint density at radius 3 is 2.45 bits per heavy atom. The maximum atomic E-state index is 13.7. The van der Waals surface area contributed by atoms with Gasteiger partial charge in [0.1, 0.15) is 12.4 Å². The van der Waals surface area contributed by atoms with E-state index < -0.39 is 17.7 Å². The number of hydrogen-bond donors (Lipinski definition) is 2. The predicted molar refractivity (Wildman–Crippen MR) is 73.3 cm³/mol. The number of rotatable bonds is 7. The summed E-state index contributed by atoms with van der Waals surface area (Å²) in [5.41, 5.74) is 5.09. The lowest BCUT2D eigenvalue weighted by Gasteiger charge is -2.26. The summed E-state index contributed by atoms with van der Waals surface area (Å²) in [6, 6.07) is 4.03. The van der Waals surface area contributed by atoms with Gasteiger partial charge in [-0.25, -0.2) is 4.39 Å². The van der Waals surface area contributed by atoms with Crippen LogP contribution in [0.3, 0.4) is 0 Å². The summed E-state index contributed by atoms with van der Waals surface area (Å²) >= 11 is 0. The number of carboxylic acid groups (broad SMARTS) is 1. The van der Waals surface area contributed by atoms with Crippen LogP contribution in [0.15, 0.2) is 18.2 Å². The third kappa shape index (κ3) is 4.20. The lowest BCUT2D eigenvalue weighted by atomic mass is 10.1. The largest absolute Gasteiger partial charge is 0.480 e. The van der Waals surface area contributed by atoms with Gasteiger partial charge in [-0.15, -0.1) is 0 Å². The highest BCUT2D eigenvalue weighted by molar-refractivity contribution is 5.99. The topological polar surface area (TPSA) is 86.9 Å². The Bertz CT molecular complexity index is 506. The predicted octanol–water partition coefficient (Wildman–Crippen LogP) is 0.377. The number of carbonyl (C=O) groups is 2. The molecule has 0 aliphatic carbocycles. The van der Waals surface area contributed by atoms with Crippen LogP contribution in [0.4, 0.5) is 10.1 Å². The molecule has 6 nitrogen and oxygen atoms in total. The Kier molecular flexibility index (Phi) is 5.45. The summed E-state index contributed by atoms with van der Waals surface area (Å²) in [6.07, 6.45) is 0. The Balaban J connectivity index is 3.15. The van der Waals surface area contributed by atoms with Gasteiger partial charge in [-0.1, -0.05) is 6.07 Å². The van der Waals surface area contributed by atoms with Gasteiger partial charge in [0, 0.05) is 13.1 Å². The van der Waals surface area contributed by atoms with Crippen LogP contribution in [0, 0.1) is 5.82 Å². The summed E-state index contributed by atoms with van der Waals surface area (Å²) in [5, 5.41) is 8.94. The number of aliphatic carboxylic acids is 1. The lowest BCUT2D eigenvalue weighted by molar-refractivity contribution is -0.135. The molecule has 0 spiro atoms. The first-order valence-corrected chi connectivity index (χ1v) is 6.02. The summed E-state index contributed by atoms with van der Waals surface area (Å²) in [5.74, 6) is -2.74. The monoisotopic (exact) mass is 283 g/mol. The number of amides is 1. The molecule has 0 heterocycles. The van der Waals surface area contributed by atoms with E-state index in [1.54, 1.807) is 0 Å². The lowest BCUT2D eigenvalue weighted by Crippen LogP contribution is -2.37. The van der Waals surface area contributed by atoms with Gasteiger partial charge in [-0.3, -0.25) is 9.59 Å². The van der Waals surface area contributed by atoms with Crippen LogP contribution in [0.5, 0.6) is 0 Å². The maximum absolute atomic E-state index is 13.7. The molecule has 0 aliphatic rings. The SMILES string of the molecule is CN(C)CCN(CC(=O)O)c1cccc(F)c1C(N)=O. The van der Waals surface area contributed by atoms with Crippen LogP contribution in [0.25, 0.3) is 0 Å². The summed E-state index contributed by atoms with van der Waals surface area (Å²) < 4.78 is 13.7. The van der Waals surface area contributed by atoms with Gasteiger partial charge in [-0.2, -0.15) is 0 Å². The zero-order valence-corrected chi connectivity index (χ0v) is 11.5. The minimum Gasteiger partial charge on any atom is -0.480 e. The van der Waals surface area contributed by atoms with Gasteiger partial charge in [-0.05, 0) is 26.2 Å². The molecule has 0 bridgehead atoms. The van der Waals surface area contributed by atoms with Crippen molar-refractivity contribution in [1.82, 2.24) is 4.90 Å². The second kappa shape index (κ2) is 6.85. The average Bonchev–Trinajstić information content (AvgIpc) is 2.33. The zero-order chi connectivity index (χ0) is 15.3. The zero-order valence-electron chi connectivity index (χ0n) is 11.5. The van der Waals surface area contributed by atoms with E-state index in [0.29, 0.717) is 13.1 Å². The minimum absolute atomic E-state index is 0.196. The molecule has 20 heavy (non-hydrogen) atoms. The summed E-state index contributed by atoms with van der Waals surface area (Å²) in [6.45, 7) is 0.558. The highest BCUT2D eigenvalue weighted by Gasteiger charge is 2.20.